The number of aliphatic carboxylic acids is 1. The number of amides is 1. The number of rotatable bonds is 7. The van der Waals surface area contributed by atoms with Gasteiger partial charge >= 0.3 is 12.1 Å². The number of nitrogens with one attached hydrogen (secondary N) is 1. The van der Waals surface area contributed by atoms with E-state index >= 15 is 0 Å². The minimum atomic E-state index is -0.988. The summed E-state index contributed by atoms with van der Waals surface area (Å²) in [6.45, 7) is 0.474. The van der Waals surface area contributed by atoms with Crippen LogP contribution < -0.4 is 11.1 Å². The molecule has 6 nitrogen and oxygen atoms in total. The number of carbonyl (C=O) groups is 2. The van der Waals surface area contributed by atoms with Crippen molar-refractivity contribution in [1.29, 1.82) is 0 Å². The van der Waals surface area contributed by atoms with Gasteiger partial charge in [0.2, 0.25) is 0 Å². The van der Waals surface area contributed by atoms with Gasteiger partial charge in [-0.1, -0.05) is 12.5 Å². The predicted octanol–water partition coefficient (Wildman–Crippen LogP) is 2.18. The first-order valence-electron chi connectivity index (χ1n) is 7.69. The molecular weight excluding hydrogens is 272 g/mol. The predicted molar refractivity (Wildman–Crippen MR) is 80.0 cm³/mol. The highest BCUT2D eigenvalue weighted by Gasteiger charge is 2.13. The number of unbranched alkanes of at least 4 members (excludes halogenated alkanes) is 1. The van der Waals surface area contributed by atoms with Crippen molar-refractivity contribution in [2.75, 3.05) is 6.54 Å². The second-order valence-electron chi connectivity index (χ2n) is 5.38. The lowest BCUT2D eigenvalue weighted by Crippen LogP contribution is -2.31. The maximum Gasteiger partial charge on any atom is 0.407 e. The minimum Gasteiger partial charge on any atom is -0.480 e. The molecule has 0 aromatic heterocycles. The molecule has 0 unspecified atom stereocenters. The lowest BCUT2D eigenvalue weighted by molar-refractivity contribution is -0.138. The summed E-state index contributed by atoms with van der Waals surface area (Å²) >= 11 is 0. The van der Waals surface area contributed by atoms with Gasteiger partial charge in [-0.3, -0.25) is 4.79 Å². The molecule has 120 valence electrons. The summed E-state index contributed by atoms with van der Waals surface area (Å²) in [7, 11) is 0. The fourth-order valence-corrected chi connectivity index (χ4v) is 2.21. The van der Waals surface area contributed by atoms with E-state index in [0.29, 0.717) is 25.8 Å². The van der Waals surface area contributed by atoms with E-state index in [1.165, 1.54) is 12.8 Å². The Bertz CT molecular complexity index is 358. The van der Waals surface area contributed by atoms with E-state index in [-0.39, 0.29) is 6.10 Å². The standard InChI is InChI=1S/C15H26N2O4/c16-13(14(18)19)10-6-7-11-17-15(20)21-12-8-4-2-1-3-5-9-12/h4,8,12-13H,1-3,5-7,9-11,16H2,(H,17,20)(H,18,19)/b8-4-/t12-,13+/m1/s1. The Kier molecular flexibility index (Phi) is 8.50. The number of nitrogens with two attached hydrogens (primary N) is 1. The van der Waals surface area contributed by atoms with E-state index in [2.05, 4.69) is 11.4 Å². The smallest absolute Gasteiger partial charge is 0.407 e. The summed E-state index contributed by atoms with van der Waals surface area (Å²) in [6.07, 6.45) is 10.6. The van der Waals surface area contributed by atoms with Gasteiger partial charge < -0.3 is 20.9 Å². The van der Waals surface area contributed by atoms with Crippen LogP contribution >= 0.6 is 0 Å². The van der Waals surface area contributed by atoms with E-state index in [1.807, 2.05) is 6.08 Å². The molecule has 4 N–H and O–H groups in total. The molecule has 1 aliphatic carbocycles. The zero-order valence-electron chi connectivity index (χ0n) is 12.4. The summed E-state index contributed by atoms with van der Waals surface area (Å²) in [5.41, 5.74) is 5.39. The molecule has 0 saturated carbocycles. The molecule has 1 rings (SSSR count). The van der Waals surface area contributed by atoms with Gasteiger partial charge in [0.15, 0.2) is 0 Å². The summed E-state index contributed by atoms with van der Waals surface area (Å²) < 4.78 is 5.34. The van der Waals surface area contributed by atoms with Crippen LogP contribution in [-0.2, 0) is 9.53 Å². The summed E-state index contributed by atoms with van der Waals surface area (Å²) in [4.78, 5) is 22.2. The highest BCUT2D eigenvalue weighted by atomic mass is 16.6. The van der Waals surface area contributed by atoms with Crippen LogP contribution in [0.4, 0.5) is 4.79 Å². The fourth-order valence-electron chi connectivity index (χ4n) is 2.21. The van der Waals surface area contributed by atoms with E-state index in [1.54, 1.807) is 0 Å². The molecule has 0 aliphatic heterocycles. The molecule has 0 fully saturated rings. The van der Waals surface area contributed by atoms with Crippen LogP contribution in [0.2, 0.25) is 0 Å². The first-order chi connectivity index (χ1) is 10.1. The lowest BCUT2D eigenvalue weighted by Gasteiger charge is -2.16. The van der Waals surface area contributed by atoms with Gasteiger partial charge in [0.05, 0.1) is 0 Å². The quantitative estimate of drug-likeness (QED) is 0.494. The molecule has 0 aromatic rings. The largest absolute Gasteiger partial charge is 0.480 e. The number of carboxylic acid groups (broad SMARTS) is 1. The molecule has 0 heterocycles. The van der Waals surface area contributed by atoms with E-state index in [0.717, 1.165) is 19.3 Å². The van der Waals surface area contributed by atoms with E-state index in [4.69, 9.17) is 15.6 Å². The number of carbonyl (C=O) groups excluding carboxylic acids is 1. The number of carboxylic acids is 1. The molecule has 21 heavy (non-hydrogen) atoms. The Balaban J connectivity index is 2.10. The van der Waals surface area contributed by atoms with E-state index < -0.39 is 18.1 Å². The van der Waals surface area contributed by atoms with Crippen molar-refractivity contribution >= 4 is 12.1 Å². The molecule has 2 atom stereocenters. The molecule has 0 saturated heterocycles. The molecule has 0 bridgehead atoms. The number of hydrogen-bond acceptors (Lipinski definition) is 4. The minimum absolute atomic E-state index is 0.134. The zero-order chi connectivity index (χ0) is 15.5. The molecule has 0 radical (unpaired) electrons. The molecular formula is C15H26N2O4. The van der Waals surface area contributed by atoms with Crippen LogP contribution in [0.1, 0.15) is 51.4 Å². The van der Waals surface area contributed by atoms with Gasteiger partial charge in [0, 0.05) is 6.54 Å². The van der Waals surface area contributed by atoms with Crippen LogP contribution in [0, 0.1) is 0 Å². The average molecular weight is 298 g/mol. The van der Waals surface area contributed by atoms with Crippen molar-refractivity contribution in [1.82, 2.24) is 5.32 Å². The van der Waals surface area contributed by atoms with Crippen molar-refractivity contribution in [3.63, 3.8) is 0 Å². The number of hydrogen-bond donors (Lipinski definition) is 3. The average Bonchev–Trinajstić information content (AvgIpc) is 2.41. The Morgan fingerprint density at radius 3 is 2.90 bits per heavy atom. The van der Waals surface area contributed by atoms with Gasteiger partial charge in [-0.2, -0.15) is 0 Å². The second kappa shape index (κ2) is 10.2. The summed E-state index contributed by atoms with van der Waals surface area (Å²) in [5.74, 6) is -0.988. The SMILES string of the molecule is N[C@@H](CCCCNC(=O)O[C@@H]1/C=C\CCCCC1)C(=O)O. The maximum absolute atomic E-state index is 11.6. The normalized spacial score (nSPS) is 21.7. The Morgan fingerprint density at radius 2 is 2.14 bits per heavy atom. The maximum atomic E-state index is 11.6. The van der Waals surface area contributed by atoms with Crippen molar-refractivity contribution in [3.8, 4) is 0 Å². The third-order valence-corrected chi connectivity index (χ3v) is 3.50. The van der Waals surface area contributed by atoms with Gasteiger partial charge in [0.1, 0.15) is 12.1 Å². The van der Waals surface area contributed by atoms with Crippen LogP contribution in [0.25, 0.3) is 0 Å². The number of allylic oxidation sites excluding steroid dienone is 1. The molecule has 1 aliphatic rings. The number of ether oxygens (including phenoxy) is 1. The van der Waals surface area contributed by atoms with Crippen LogP contribution in [0.5, 0.6) is 0 Å². The Morgan fingerprint density at radius 1 is 1.33 bits per heavy atom. The zero-order valence-corrected chi connectivity index (χ0v) is 12.4. The van der Waals surface area contributed by atoms with Crippen molar-refractivity contribution in [2.24, 2.45) is 5.73 Å². The monoisotopic (exact) mass is 298 g/mol. The van der Waals surface area contributed by atoms with Crippen LogP contribution in [0.15, 0.2) is 12.2 Å². The fraction of sp³-hybridized carbons (Fsp3) is 0.733. The summed E-state index contributed by atoms with van der Waals surface area (Å²) in [6, 6.07) is -0.822. The first kappa shape index (κ1) is 17.5. The summed E-state index contributed by atoms with van der Waals surface area (Å²) in [5, 5.41) is 11.3. The van der Waals surface area contributed by atoms with Gasteiger partial charge in [-0.25, -0.2) is 4.79 Å². The Hall–Kier alpha value is -1.56. The number of alkyl carbamates (subject to hydrolysis) is 1. The highest BCUT2D eigenvalue weighted by molar-refractivity contribution is 5.72. The van der Waals surface area contributed by atoms with Gasteiger partial charge in [-0.15, -0.1) is 0 Å². The molecule has 0 aromatic carbocycles. The third kappa shape index (κ3) is 8.34. The first-order valence-corrected chi connectivity index (χ1v) is 7.69. The topological polar surface area (TPSA) is 102 Å². The van der Waals surface area contributed by atoms with Gasteiger partial charge in [0.25, 0.3) is 0 Å². The molecule has 6 heteroatoms. The third-order valence-electron chi connectivity index (χ3n) is 3.50. The van der Waals surface area contributed by atoms with Gasteiger partial charge in [-0.05, 0) is 51.0 Å². The lowest BCUT2D eigenvalue weighted by atomic mass is 10.0. The Labute approximate surface area is 125 Å². The molecule has 1 amide bonds. The second-order valence-corrected chi connectivity index (χ2v) is 5.38. The molecule has 0 spiro atoms. The van der Waals surface area contributed by atoms with Crippen LogP contribution in [-0.4, -0.2) is 35.9 Å². The van der Waals surface area contributed by atoms with Crippen LogP contribution in [0.3, 0.4) is 0 Å². The van der Waals surface area contributed by atoms with Crippen molar-refractivity contribution < 1.29 is 19.4 Å². The highest BCUT2D eigenvalue weighted by Crippen LogP contribution is 2.14. The van der Waals surface area contributed by atoms with Crippen molar-refractivity contribution in [2.45, 2.75) is 63.5 Å². The van der Waals surface area contributed by atoms with Crippen molar-refractivity contribution in [3.05, 3.63) is 12.2 Å². The van der Waals surface area contributed by atoms with E-state index in [9.17, 15) is 9.59 Å².